The van der Waals surface area contributed by atoms with E-state index in [2.05, 4.69) is 17.3 Å². The van der Waals surface area contributed by atoms with E-state index in [0.717, 1.165) is 22.8 Å². The van der Waals surface area contributed by atoms with Gasteiger partial charge in [0.05, 0.1) is 18.8 Å². The predicted molar refractivity (Wildman–Crippen MR) is 73.1 cm³/mol. The van der Waals surface area contributed by atoms with Crippen LogP contribution < -0.4 is 16.0 Å². The number of ether oxygens (including phenoxy) is 1. The summed E-state index contributed by atoms with van der Waals surface area (Å²) in [5, 5.41) is 0. The second-order valence-electron chi connectivity index (χ2n) is 3.68. The van der Waals surface area contributed by atoms with Crippen molar-refractivity contribution in [2.75, 3.05) is 18.1 Å². The summed E-state index contributed by atoms with van der Waals surface area (Å²) in [6.07, 6.45) is 4.73. The third kappa shape index (κ3) is 4.93. The number of aromatic nitrogens is 1. The summed E-state index contributed by atoms with van der Waals surface area (Å²) in [4.78, 5) is 4.17. The Morgan fingerprint density at radius 1 is 1.47 bits per heavy atom. The van der Waals surface area contributed by atoms with Crippen LogP contribution in [0, 0.1) is 0 Å². The lowest BCUT2D eigenvalue weighted by molar-refractivity contribution is 0.338. The van der Waals surface area contributed by atoms with Crippen LogP contribution in [0.4, 0.5) is 0 Å². The summed E-state index contributed by atoms with van der Waals surface area (Å²) in [6, 6.07) is 2.12. The van der Waals surface area contributed by atoms with Crippen molar-refractivity contribution in [1.82, 2.24) is 10.4 Å². The molecule has 0 fully saturated rings. The third-order valence-corrected chi connectivity index (χ3v) is 3.55. The molecular formula is C12H21N3OS. The fraction of sp³-hybridized carbons (Fsp3) is 0.583. The highest BCUT2D eigenvalue weighted by Crippen LogP contribution is 2.21. The van der Waals surface area contributed by atoms with E-state index in [4.69, 9.17) is 10.6 Å². The van der Waals surface area contributed by atoms with Crippen LogP contribution in [0.5, 0.6) is 5.75 Å². The Bertz CT molecular complexity index is 322. The van der Waals surface area contributed by atoms with Crippen LogP contribution in [0.1, 0.15) is 31.9 Å². The van der Waals surface area contributed by atoms with Crippen LogP contribution in [-0.4, -0.2) is 23.1 Å². The standard InChI is InChI=1S/C12H21N3OS/c1-3-5-17-9-12(15-13)10-6-11(16-4-2)8-14-7-10/h6-8,12,15H,3-5,9,13H2,1-2H3. The zero-order valence-corrected chi connectivity index (χ0v) is 11.3. The maximum atomic E-state index is 5.58. The zero-order chi connectivity index (χ0) is 12.5. The van der Waals surface area contributed by atoms with Gasteiger partial charge in [0.1, 0.15) is 5.75 Å². The molecule has 0 aromatic carbocycles. The lowest BCUT2D eigenvalue weighted by Crippen LogP contribution is -2.29. The first-order chi connectivity index (χ1) is 8.31. The van der Waals surface area contributed by atoms with Crippen molar-refractivity contribution in [2.24, 2.45) is 5.84 Å². The van der Waals surface area contributed by atoms with E-state index in [-0.39, 0.29) is 6.04 Å². The van der Waals surface area contributed by atoms with Crippen molar-refractivity contribution >= 4 is 11.8 Å². The number of nitrogens with zero attached hydrogens (tertiary/aromatic N) is 1. The van der Waals surface area contributed by atoms with Gasteiger partial charge in [-0.2, -0.15) is 11.8 Å². The molecule has 1 rings (SSSR count). The molecule has 1 atom stereocenters. The lowest BCUT2D eigenvalue weighted by atomic mass is 10.1. The Morgan fingerprint density at radius 2 is 2.29 bits per heavy atom. The van der Waals surface area contributed by atoms with Crippen LogP contribution in [0.25, 0.3) is 0 Å². The summed E-state index contributed by atoms with van der Waals surface area (Å²) >= 11 is 1.89. The van der Waals surface area contributed by atoms with E-state index >= 15 is 0 Å². The predicted octanol–water partition coefficient (Wildman–Crippen LogP) is 2.13. The fourth-order valence-corrected chi connectivity index (χ4v) is 2.44. The zero-order valence-electron chi connectivity index (χ0n) is 10.5. The highest BCUT2D eigenvalue weighted by atomic mass is 32.2. The van der Waals surface area contributed by atoms with E-state index in [9.17, 15) is 0 Å². The van der Waals surface area contributed by atoms with E-state index in [1.54, 1.807) is 6.20 Å². The van der Waals surface area contributed by atoms with Gasteiger partial charge in [-0.05, 0) is 30.7 Å². The largest absolute Gasteiger partial charge is 0.492 e. The van der Waals surface area contributed by atoms with Crippen LogP contribution in [0.15, 0.2) is 18.5 Å². The molecule has 1 heterocycles. The number of hydrogen-bond acceptors (Lipinski definition) is 5. The Hall–Kier alpha value is -0.780. The highest BCUT2D eigenvalue weighted by Gasteiger charge is 2.10. The maximum Gasteiger partial charge on any atom is 0.137 e. The smallest absolute Gasteiger partial charge is 0.137 e. The lowest BCUT2D eigenvalue weighted by Gasteiger charge is -2.16. The van der Waals surface area contributed by atoms with Crippen LogP contribution in [-0.2, 0) is 0 Å². The van der Waals surface area contributed by atoms with Crippen molar-refractivity contribution in [2.45, 2.75) is 26.3 Å². The molecule has 0 radical (unpaired) electrons. The van der Waals surface area contributed by atoms with Crippen molar-refractivity contribution < 1.29 is 4.74 Å². The molecule has 0 spiro atoms. The summed E-state index contributed by atoms with van der Waals surface area (Å²) < 4.78 is 5.43. The SMILES string of the molecule is CCCSCC(NN)c1cncc(OCC)c1. The average Bonchev–Trinajstić information content (AvgIpc) is 2.35. The molecule has 0 aliphatic rings. The number of nitrogens with one attached hydrogen (secondary N) is 1. The van der Waals surface area contributed by atoms with Crippen LogP contribution >= 0.6 is 11.8 Å². The quantitative estimate of drug-likeness (QED) is 0.423. The Kier molecular flexibility index (Phi) is 7.00. The van der Waals surface area contributed by atoms with E-state index in [0.29, 0.717) is 6.61 Å². The van der Waals surface area contributed by atoms with Gasteiger partial charge in [-0.15, -0.1) is 0 Å². The van der Waals surface area contributed by atoms with Gasteiger partial charge in [0.15, 0.2) is 0 Å². The van der Waals surface area contributed by atoms with Crippen molar-refractivity contribution in [3.63, 3.8) is 0 Å². The molecule has 0 aliphatic heterocycles. The molecule has 0 aliphatic carbocycles. The van der Waals surface area contributed by atoms with E-state index < -0.39 is 0 Å². The molecular weight excluding hydrogens is 234 g/mol. The van der Waals surface area contributed by atoms with Crippen molar-refractivity contribution in [3.8, 4) is 5.75 Å². The molecule has 5 heteroatoms. The second-order valence-corrected chi connectivity index (χ2v) is 4.83. The van der Waals surface area contributed by atoms with Gasteiger partial charge in [0.25, 0.3) is 0 Å². The summed E-state index contributed by atoms with van der Waals surface area (Å²) in [6.45, 7) is 4.79. The molecule has 0 amide bonds. The van der Waals surface area contributed by atoms with Crippen LogP contribution in [0.3, 0.4) is 0 Å². The minimum absolute atomic E-state index is 0.124. The number of pyridine rings is 1. The number of nitrogens with two attached hydrogens (primary N) is 1. The van der Waals surface area contributed by atoms with Gasteiger partial charge in [-0.25, -0.2) is 0 Å². The maximum absolute atomic E-state index is 5.58. The first-order valence-corrected chi connectivity index (χ1v) is 7.08. The topological polar surface area (TPSA) is 60.2 Å². The summed E-state index contributed by atoms with van der Waals surface area (Å²) in [5.74, 6) is 8.47. The Balaban J connectivity index is 2.63. The van der Waals surface area contributed by atoms with Gasteiger partial charge < -0.3 is 4.74 Å². The molecule has 1 aromatic rings. The van der Waals surface area contributed by atoms with Crippen molar-refractivity contribution in [3.05, 3.63) is 24.0 Å². The van der Waals surface area contributed by atoms with Gasteiger partial charge in [-0.3, -0.25) is 16.3 Å². The number of hydrazine groups is 1. The minimum atomic E-state index is 0.124. The van der Waals surface area contributed by atoms with Gasteiger partial charge >= 0.3 is 0 Å². The molecule has 17 heavy (non-hydrogen) atoms. The summed E-state index contributed by atoms with van der Waals surface area (Å²) in [5.41, 5.74) is 3.90. The third-order valence-electron chi connectivity index (χ3n) is 2.28. The van der Waals surface area contributed by atoms with Gasteiger partial charge in [-0.1, -0.05) is 6.92 Å². The Morgan fingerprint density at radius 3 is 2.94 bits per heavy atom. The second kappa shape index (κ2) is 8.33. The molecule has 4 nitrogen and oxygen atoms in total. The van der Waals surface area contributed by atoms with Gasteiger partial charge in [0.2, 0.25) is 0 Å². The molecule has 1 unspecified atom stereocenters. The molecule has 1 aromatic heterocycles. The molecule has 0 saturated carbocycles. The molecule has 0 saturated heterocycles. The molecule has 3 N–H and O–H groups in total. The van der Waals surface area contributed by atoms with Gasteiger partial charge in [0, 0.05) is 11.9 Å². The number of hydrogen-bond donors (Lipinski definition) is 2. The van der Waals surface area contributed by atoms with Crippen LogP contribution in [0.2, 0.25) is 0 Å². The first kappa shape index (κ1) is 14.3. The summed E-state index contributed by atoms with van der Waals surface area (Å²) in [7, 11) is 0. The molecule has 0 bridgehead atoms. The average molecular weight is 255 g/mol. The minimum Gasteiger partial charge on any atom is -0.492 e. The monoisotopic (exact) mass is 255 g/mol. The highest BCUT2D eigenvalue weighted by molar-refractivity contribution is 7.99. The first-order valence-electron chi connectivity index (χ1n) is 5.93. The van der Waals surface area contributed by atoms with E-state index in [1.807, 2.05) is 30.9 Å². The number of rotatable bonds is 8. The fourth-order valence-electron chi connectivity index (χ4n) is 1.46. The Labute approximate surface area is 107 Å². The van der Waals surface area contributed by atoms with E-state index in [1.165, 1.54) is 6.42 Å². The number of thioether (sulfide) groups is 1. The molecule has 96 valence electrons. The van der Waals surface area contributed by atoms with Crippen molar-refractivity contribution in [1.29, 1.82) is 0 Å². The normalized spacial score (nSPS) is 12.4.